The molecule has 1 heterocycles. The van der Waals surface area contributed by atoms with Crippen molar-refractivity contribution >= 4 is 5.91 Å². The van der Waals surface area contributed by atoms with Crippen LogP contribution in [0.25, 0.3) is 0 Å². The largest absolute Gasteiger partial charge is 0.375 e. The third kappa shape index (κ3) is 5.53. The van der Waals surface area contributed by atoms with Crippen molar-refractivity contribution in [3.05, 3.63) is 0 Å². The first-order chi connectivity index (χ1) is 7.99. The molecule has 0 aliphatic carbocycles. The average molecular weight is 241 g/mol. The van der Waals surface area contributed by atoms with E-state index in [-0.39, 0.29) is 0 Å². The van der Waals surface area contributed by atoms with Gasteiger partial charge in [0.05, 0.1) is 12.2 Å². The lowest BCUT2D eigenvalue weighted by Crippen LogP contribution is -2.41. The maximum atomic E-state index is 11.9. The van der Waals surface area contributed by atoms with E-state index in [1.165, 1.54) is 0 Å². The molecule has 0 N–H and O–H groups in total. The van der Waals surface area contributed by atoms with Crippen molar-refractivity contribution in [2.75, 3.05) is 13.1 Å². The van der Waals surface area contributed by atoms with E-state index < -0.39 is 0 Å². The zero-order chi connectivity index (χ0) is 12.8. The van der Waals surface area contributed by atoms with E-state index in [1.807, 2.05) is 4.90 Å². The van der Waals surface area contributed by atoms with Crippen molar-refractivity contribution in [2.24, 2.45) is 5.92 Å². The van der Waals surface area contributed by atoms with Crippen LogP contribution < -0.4 is 0 Å². The number of likely N-dealkylation sites (tertiary alicyclic amines) is 1. The first kappa shape index (κ1) is 14.5. The summed E-state index contributed by atoms with van der Waals surface area (Å²) in [5, 5.41) is 0. The van der Waals surface area contributed by atoms with Gasteiger partial charge in [-0.3, -0.25) is 4.79 Å². The lowest BCUT2D eigenvalue weighted by molar-refractivity contribution is -0.134. The van der Waals surface area contributed by atoms with Crippen LogP contribution in [-0.2, 0) is 9.53 Å². The summed E-state index contributed by atoms with van der Waals surface area (Å²) in [6, 6.07) is 0. The molecule has 1 aliphatic heterocycles. The highest BCUT2D eigenvalue weighted by molar-refractivity contribution is 5.76. The molecule has 0 radical (unpaired) electrons. The second-order valence-corrected chi connectivity index (χ2v) is 5.70. The number of hydrogen-bond donors (Lipinski definition) is 0. The van der Waals surface area contributed by atoms with E-state index in [9.17, 15) is 4.79 Å². The highest BCUT2D eigenvalue weighted by Crippen LogP contribution is 2.17. The standard InChI is InChI=1S/C14H27NO2/c1-11(2)5-6-14(16)15-9-7-13(8-10-15)17-12(3)4/h11-13H,5-10H2,1-4H3. The Morgan fingerprint density at radius 3 is 2.29 bits per heavy atom. The van der Waals surface area contributed by atoms with Crippen molar-refractivity contribution < 1.29 is 9.53 Å². The Morgan fingerprint density at radius 1 is 1.24 bits per heavy atom. The van der Waals surface area contributed by atoms with Crippen LogP contribution in [0.3, 0.4) is 0 Å². The van der Waals surface area contributed by atoms with Crippen LogP contribution in [0.1, 0.15) is 53.4 Å². The molecule has 1 fully saturated rings. The SMILES string of the molecule is CC(C)CCC(=O)N1CCC(OC(C)C)CC1. The molecule has 1 saturated heterocycles. The quantitative estimate of drug-likeness (QED) is 0.740. The van der Waals surface area contributed by atoms with Crippen LogP contribution in [0.5, 0.6) is 0 Å². The highest BCUT2D eigenvalue weighted by Gasteiger charge is 2.23. The van der Waals surface area contributed by atoms with Gasteiger partial charge in [0, 0.05) is 19.5 Å². The van der Waals surface area contributed by atoms with Gasteiger partial charge in [0.25, 0.3) is 0 Å². The van der Waals surface area contributed by atoms with Crippen LogP contribution in [0.15, 0.2) is 0 Å². The van der Waals surface area contributed by atoms with Crippen LogP contribution in [0.4, 0.5) is 0 Å². The van der Waals surface area contributed by atoms with E-state index >= 15 is 0 Å². The fourth-order valence-electron chi connectivity index (χ4n) is 2.20. The smallest absolute Gasteiger partial charge is 0.222 e. The zero-order valence-electron chi connectivity index (χ0n) is 11.7. The summed E-state index contributed by atoms with van der Waals surface area (Å²) < 4.78 is 5.78. The molecule has 0 aromatic rings. The molecule has 0 aromatic heterocycles. The van der Waals surface area contributed by atoms with Crippen molar-refractivity contribution in [2.45, 2.75) is 65.6 Å². The molecule has 3 nitrogen and oxygen atoms in total. The van der Waals surface area contributed by atoms with Crippen molar-refractivity contribution in [1.29, 1.82) is 0 Å². The Labute approximate surface area is 106 Å². The van der Waals surface area contributed by atoms with Crippen LogP contribution in [0.2, 0.25) is 0 Å². The second kappa shape index (κ2) is 7.00. The van der Waals surface area contributed by atoms with Crippen LogP contribution >= 0.6 is 0 Å². The number of hydrogen-bond acceptors (Lipinski definition) is 2. The average Bonchev–Trinajstić information content (AvgIpc) is 2.26. The topological polar surface area (TPSA) is 29.5 Å². The van der Waals surface area contributed by atoms with Gasteiger partial charge in [-0.1, -0.05) is 13.8 Å². The number of piperidine rings is 1. The molecule has 17 heavy (non-hydrogen) atoms. The Hall–Kier alpha value is -0.570. The molecular weight excluding hydrogens is 214 g/mol. The Balaban J connectivity index is 2.24. The maximum Gasteiger partial charge on any atom is 0.222 e. The predicted octanol–water partition coefficient (Wildman–Crippen LogP) is 2.84. The number of ether oxygens (including phenoxy) is 1. The van der Waals surface area contributed by atoms with Gasteiger partial charge >= 0.3 is 0 Å². The second-order valence-electron chi connectivity index (χ2n) is 5.70. The van der Waals surface area contributed by atoms with Crippen LogP contribution in [-0.4, -0.2) is 36.1 Å². The van der Waals surface area contributed by atoms with Crippen molar-refractivity contribution in [3.63, 3.8) is 0 Å². The van der Waals surface area contributed by atoms with Gasteiger partial charge in [-0.15, -0.1) is 0 Å². The number of carbonyl (C=O) groups is 1. The molecule has 1 rings (SSSR count). The molecule has 0 atom stereocenters. The highest BCUT2D eigenvalue weighted by atomic mass is 16.5. The Kier molecular flexibility index (Phi) is 5.96. The Bertz CT molecular complexity index is 230. The number of nitrogens with zero attached hydrogens (tertiary/aromatic N) is 1. The number of rotatable bonds is 5. The van der Waals surface area contributed by atoms with Gasteiger partial charge in [0.15, 0.2) is 0 Å². The fourth-order valence-corrected chi connectivity index (χ4v) is 2.20. The first-order valence-electron chi connectivity index (χ1n) is 6.92. The first-order valence-corrected chi connectivity index (χ1v) is 6.92. The molecule has 0 unspecified atom stereocenters. The third-order valence-corrected chi connectivity index (χ3v) is 3.19. The van der Waals surface area contributed by atoms with Gasteiger partial charge in [-0.25, -0.2) is 0 Å². The lowest BCUT2D eigenvalue weighted by Gasteiger charge is -2.33. The van der Waals surface area contributed by atoms with Crippen molar-refractivity contribution in [1.82, 2.24) is 4.90 Å². The van der Waals surface area contributed by atoms with E-state index in [0.717, 1.165) is 32.4 Å². The lowest BCUT2D eigenvalue weighted by atomic mass is 10.0. The van der Waals surface area contributed by atoms with E-state index in [2.05, 4.69) is 27.7 Å². The molecule has 1 aliphatic rings. The van der Waals surface area contributed by atoms with E-state index in [1.54, 1.807) is 0 Å². The summed E-state index contributed by atoms with van der Waals surface area (Å²) >= 11 is 0. The van der Waals surface area contributed by atoms with Gasteiger partial charge in [-0.2, -0.15) is 0 Å². The molecule has 0 saturated carbocycles. The van der Waals surface area contributed by atoms with Crippen molar-refractivity contribution in [3.8, 4) is 0 Å². The maximum absolute atomic E-state index is 11.9. The van der Waals surface area contributed by atoms with E-state index in [4.69, 9.17) is 4.74 Å². The summed E-state index contributed by atoms with van der Waals surface area (Å²) in [7, 11) is 0. The minimum absolute atomic E-state index is 0.295. The van der Waals surface area contributed by atoms with Gasteiger partial charge in [0.1, 0.15) is 0 Å². The third-order valence-electron chi connectivity index (χ3n) is 3.19. The van der Waals surface area contributed by atoms with Gasteiger partial charge in [0.2, 0.25) is 5.91 Å². The summed E-state index contributed by atoms with van der Waals surface area (Å²) in [6.07, 6.45) is 4.33. The molecular formula is C14H27NO2. The molecule has 1 amide bonds. The number of carbonyl (C=O) groups excluding carboxylic acids is 1. The Morgan fingerprint density at radius 2 is 1.82 bits per heavy atom. The predicted molar refractivity (Wildman–Crippen MR) is 69.9 cm³/mol. The van der Waals surface area contributed by atoms with Crippen LogP contribution in [0, 0.1) is 5.92 Å². The number of amides is 1. The minimum atomic E-state index is 0.295. The van der Waals surface area contributed by atoms with E-state index in [0.29, 0.717) is 30.5 Å². The zero-order valence-corrected chi connectivity index (χ0v) is 11.7. The summed E-state index contributed by atoms with van der Waals surface area (Å²) in [5.74, 6) is 0.933. The molecule has 0 aromatic carbocycles. The summed E-state index contributed by atoms with van der Waals surface area (Å²) in [4.78, 5) is 13.9. The summed E-state index contributed by atoms with van der Waals surface area (Å²) in [5.41, 5.74) is 0. The van der Waals surface area contributed by atoms with Gasteiger partial charge < -0.3 is 9.64 Å². The minimum Gasteiger partial charge on any atom is -0.375 e. The summed E-state index contributed by atoms with van der Waals surface area (Å²) in [6.45, 7) is 10.2. The molecule has 100 valence electrons. The van der Waals surface area contributed by atoms with Gasteiger partial charge in [-0.05, 0) is 39.0 Å². The molecule has 3 heteroatoms. The molecule has 0 spiro atoms. The fraction of sp³-hybridized carbons (Fsp3) is 0.929. The monoisotopic (exact) mass is 241 g/mol. The normalized spacial score (nSPS) is 18.1. The molecule has 0 bridgehead atoms.